The number of nitrogens with two attached hydrogens (primary N) is 1. The van der Waals surface area contributed by atoms with Crippen molar-refractivity contribution >= 4 is 5.91 Å². The average molecular weight is 370 g/mol. The van der Waals surface area contributed by atoms with Crippen molar-refractivity contribution in [3.8, 4) is 11.5 Å². The molecule has 0 aliphatic carbocycles. The van der Waals surface area contributed by atoms with Gasteiger partial charge in [0.25, 0.3) is 0 Å². The minimum atomic E-state index is -0.475. The third-order valence-electron chi connectivity index (χ3n) is 4.80. The molecule has 6 heteroatoms. The Balaban J connectivity index is 1.88. The molecule has 1 heterocycles. The number of nitrogens with one attached hydrogen (secondary N) is 1. The van der Waals surface area contributed by atoms with E-state index in [9.17, 15) is 4.79 Å². The van der Waals surface area contributed by atoms with Crippen molar-refractivity contribution in [1.82, 2.24) is 5.32 Å². The van der Waals surface area contributed by atoms with Crippen LogP contribution in [0.1, 0.15) is 30.0 Å². The molecule has 1 fully saturated rings. The molecule has 0 spiro atoms. The van der Waals surface area contributed by atoms with E-state index in [1.807, 2.05) is 48.5 Å². The molecule has 2 aromatic rings. The predicted molar refractivity (Wildman–Crippen MR) is 103 cm³/mol. The summed E-state index contributed by atoms with van der Waals surface area (Å²) in [6.45, 7) is 0.430. The van der Waals surface area contributed by atoms with Gasteiger partial charge in [-0.25, -0.2) is 0 Å². The molecular formula is C21H26N2O4. The van der Waals surface area contributed by atoms with Gasteiger partial charge in [-0.1, -0.05) is 24.3 Å². The summed E-state index contributed by atoms with van der Waals surface area (Å²) in [5, 5.41) is 3.12. The highest BCUT2D eigenvalue weighted by Crippen LogP contribution is 2.29. The number of hydrogen-bond donors (Lipinski definition) is 2. The molecule has 3 rings (SSSR count). The van der Waals surface area contributed by atoms with Crippen molar-refractivity contribution < 1.29 is 19.0 Å². The molecule has 1 aliphatic rings. The number of methoxy groups -OCH3 is 2. The summed E-state index contributed by atoms with van der Waals surface area (Å²) >= 11 is 0. The van der Waals surface area contributed by atoms with Crippen LogP contribution in [-0.4, -0.2) is 38.9 Å². The summed E-state index contributed by atoms with van der Waals surface area (Å²) < 4.78 is 16.4. The normalized spacial score (nSPS) is 19.1. The lowest BCUT2D eigenvalue weighted by Crippen LogP contribution is -2.38. The van der Waals surface area contributed by atoms with Gasteiger partial charge >= 0.3 is 0 Å². The first-order chi connectivity index (χ1) is 13.1. The van der Waals surface area contributed by atoms with E-state index in [0.717, 1.165) is 29.0 Å². The topological polar surface area (TPSA) is 82.8 Å². The Morgan fingerprint density at radius 1 is 1.11 bits per heavy atom. The fourth-order valence-corrected chi connectivity index (χ4v) is 3.31. The Kier molecular flexibility index (Phi) is 6.32. The first-order valence-corrected chi connectivity index (χ1v) is 9.08. The molecule has 1 amide bonds. The Bertz CT molecular complexity index is 733. The van der Waals surface area contributed by atoms with Crippen LogP contribution in [0.3, 0.4) is 0 Å². The molecular weight excluding hydrogens is 344 g/mol. The third kappa shape index (κ3) is 4.59. The van der Waals surface area contributed by atoms with Gasteiger partial charge in [-0.2, -0.15) is 0 Å². The van der Waals surface area contributed by atoms with E-state index in [2.05, 4.69) is 5.32 Å². The van der Waals surface area contributed by atoms with E-state index < -0.39 is 6.10 Å². The molecule has 1 aliphatic heterocycles. The molecule has 2 atom stereocenters. The fraction of sp³-hybridized carbons (Fsp3) is 0.381. The highest BCUT2D eigenvalue weighted by molar-refractivity contribution is 5.82. The van der Waals surface area contributed by atoms with Crippen LogP contribution in [0.15, 0.2) is 48.5 Å². The number of carbonyl (C=O) groups is 1. The van der Waals surface area contributed by atoms with Crippen molar-refractivity contribution in [2.45, 2.75) is 31.1 Å². The monoisotopic (exact) mass is 370 g/mol. The molecule has 1 saturated heterocycles. The summed E-state index contributed by atoms with van der Waals surface area (Å²) in [6.07, 6.45) is 0.957. The van der Waals surface area contributed by atoms with Crippen LogP contribution in [0.4, 0.5) is 0 Å². The number of ether oxygens (including phenoxy) is 3. The van der Waals surface area contributed by atoms with Gasteiger partial charge in [-0.05, 0) is 48.2 Å². The Hall–Kier alpha value is -2.57. The highest BCUT2D eigenvalue weighted by atomic mass is 16.5. The van der Waals surface area contributed by atoms with Gasteiger partial charge in [-0.15, -0.1) is 0 Å². The van der Waals surface area contributed by atoms with E-state index >= 15 is 0 Å². The summed E-state index contributed by atoms with van der Waals surface area (Å²) in [5.74, 6) is 1.33. The van der Waals surface area contributed by atoms with Crippen molar-refractivity contribution in [1.29, 1.82) is 0 Å². The van der Waals surface area contributed by atoms with Crippen LogP contribution in [0, 0.1) is 0 Å². The van der Waals surface area contributed by atoms with Crippen LogP contribution in [0.25, 0.3) is 0 Å². The number of amides is 1. The van der Waals surface area contributed by atoms with Crippen LogP contribution in [0.2, 0.25) is 0 Å². The number of benzene rings is 2. The third-order valence-corrected chi connectivity index (χ3v) is 4.80. The van der Waals surface area contributed by atoms with Crippen molar-refractivity contribution in [3.05, 3.63) is 59.7 Å². The van der Waals surface area contributed by atoms with Crippen LogP contribution in [-0.2, 0) is 9.53 Å². The lowest BCUT2D eigenvalue weighted by atomic mass is 9.97. The smallest absolute Gasteiger partial charge is 0.249 e. The molecule has 0 radical (unpaired) electrons. The van der Waals surface area contributed by atoms with E-state index in [1.165, 1.54) is 0 Å². The van der Waals surface area contributed by atoms with Gasteiger partial charge in [0.05, 0.1) is 26.4 Å². The van der Waals surface area contributed by atoms with Crippen molar-refractivity contribution in [3.63, 3.8) is 0 Å². The van der Waals surface area contributed by atoms with Crippen molar-refractivity contribution in [2.75, 3.05) is 20.8 Å². The Labute approximate surface area is 159 Å². The quantitative estimate of drug-likeness (QED) is 0.782. The minimum absolute atomic E-state index is 0.0483. The number of hydrogen-bond acceptors (Lipinski definition) is 5. The zero-order valence-corrected chi connectivity index (χ0v) is 15.7. The van der Waals surface area contributed by atoms with Gasteiger partial charge in [-0.3, -0.25) is 4.79 Å². The molecule has 27 heavy (non-hydrogen) atoms. The van der Waals surface area contributed by atoms with Gasteiger partial charge in [0, 0.05) is 6.54 Å². The molecule has 0 saturated carbocycles. The summed E-state index contributed by atoms with van der Waals surface area (Å²) in [4.78, 5) is 12.8. The van der Waals surface area contributed by atoms with Crippen LogP contribution in [0.5, 0.6) is 11.5 Å². The molecule has 0 bridgehead atoms. The van der Waals surface area contributed by atoms with Crippen LogP contribution >= 0.6 is 0 Å². The maximum absolute atomic E-state index is 12.8. The van der Waals surface area contributed by atoms with Gasteiger partial charge in [0.15, 0.2) is 0 Å². The first-order valence-electron chi connectivity index (χ1n) is 9.08. The largest absolute Gasteiger partial charge is 0.497 e. The average Bonchev–Trinajstić information content (AvgIpc) is 3.21. The maximum atomic E-state index is 12.8. The highest BCUT2D eigenvalue weighted by Gasteiger charge is 2.31. The van der Waals surface area contributed by atoms with E-state index in [1.54, 1.807) is 14.2 Å². The molecule has 2 aromatic carbocycles. The Morgan fingerprint density at radius 3 is 2.19 bits per heavy atom. The molecule has 0 unspecified atom stereocenters. The zero-order valence-electron chi connectivity index (χ0n) is 15.7. The molecule has 6 nitrogen and oxygen atoms in total. The minimum Gasteiger partial charge on any atom is -0.497 e. The van der Waals surface area contributed by atoms with E-state index in [0.29, 0.717) is 13.0 Å². The fourth-order valence-electron chi connectivity index (χ4n) is 3.31. The van der Waals surface area contributed by atoms with Crippen molar-refractivity contribution in [2.24, 2.45) is 5.73 Å². The lowest BCUT2D eigenvalue weighted by Gasteiger charge is -2.23. The predicted octanol–water partition coefficient (Wildman–Crippen LogP) is 2.42. The molecule has 3 N–H and O–H groups in total. The van der Waals surface area contributed by atoms with Gasteiger partial charge in [0.1, 0.15) is 17.6 Å². The van der Waals surface area contributed by atoms with Gasteiger partial charge in [0.2, 0.25) is 5.91 Å². The number of rotatable bonds is 7. The Morgan fingerprint density at radius 2 is 1.70 bits per heavy atom. The first kappa shape index (κ1) is 19.2. The second kappa shape index (κ2) is 8.88. The molecule has 0 aromatic heterocycles. The number of carbonyl (C=O) groups excluding carboxylic acids is 1. The summed E-state index contributed by atoms with van der Waals surface area (Å²) in [7, 11) is 3.25. The van der Waals surface area contributed by atoms with Gasteiger partial charge < -0.3 is 25.3 Å². The SMILES string of the molecule is COc1cccc(C(NC(=O)[C@@H]2CC[C@H](CN)O2)c2cccc(OC)c2)c1. The van der Waals surface area contributed by atoms with E-state index in [-0.39, 0.29) is 18.1 Å². The van der Waals surface area contributed by atoms with E-state index in [4.69, 9.17) is 19.9 Å². The second-order valence-electron chi connectivity index (χ2n) is 6.55. The summed E-state index contributed by atoms with van der Waals surface area (Å²) in [6, 6.07) is 15.0. The van der Waals surface area contributed by atoms with Crippen LogP contribution < -0.4 is 20.5 Å². The maximum Gasteiger partial charge on any atom is 0.249 e. The molecule has 144 valence electrons. The summed E-state index contributed by atoms with van der Waals surface area (Å²) in [5.41, 5.74) is 7.50. The second-order valence-corrected chi connectivity index (χ2v) is 6.55. The lowest BCUT2D eigenvalue weighted by molar-refractivity contribution is -0.132. The standard InChI is InChI=1S/C21H26N2O4/c1-25-16-7-3-5-14(11-16)20(15-6-4-8-17(12-15)26-2)23-21(24)19-10-9-18(13-22)27-19/h3-8,11-12,18-20H,9-10,13,22H2,1-2H3,(H,23,24)/t18-,19+/m1/s1. The zero-order chi connectivity index (χ0) is 19.2.